The first-order valence-corrected chi connectivity index (χ1v) is 7.29. The lowest BCUT2D eigenvalue weighted by atomic mass is 9.63. The SMILES string of the molecule is NCC1(C(O)c2ccc(-c3ccccc3)cc2)CCC1. The van der Waals surface area contributed by atoms with Gasteiger partial charge < -0.3 is 10.8 Å². The highest BCUT2D eigenvalue weighted by Gasteiger charge is 2.42. The summed E-state index contributed by atoms with van der Waals surface area (Å²) in [5.74, 6) is 0. The topological polar surface area (TPSA) is 46.2 Å². The molecular weight excluding hydrogens is 246 g/mol. The largest absolute Gasteiger partial charge is 0.388 e. The Kier molecular flexibility index (Phi) is 3.60. The van der Waals surface area contributed by atoms with Gasteiger partial charge in [0.05, 0.1) is 6.10 Å². The van der Waals surface area contributed by atoms with Crippen molar-refractivity contribution in [2.24, 2.45) is 11.1 Å². The van der Waals surface area contributed by atoms with Crippen molar-refractivity contribution in [3.05, 3.63) is 60.2 Å². The van der Waals surface area contributed by atoms with Gasteiger partial charge in [0.25, 0.3) is 0 Å². The van der Waals surface area contributed by atoms with Crippen LogP contribution in [0.15, 0.2) is 54.6 Å². The monoisotopic (exact) mass is 267 g/mol. The minimum absolute atomic E-state index is 0.0890. The van der Waals surface area contributed by atoms with E-state index in [2.05, 4.69) is 24.3 Å². The lowest BCUT2D eigenvalue weighted by Crippen LogP contribution is -2.42. The Balaban J connectivity index is 1.83. The van der Waals surface area contributed by atoms with E-state index in [0.717, 1.165) is 18.4 Å². The van der Waals surface area contributed by atoms with E-state index in [-0.39, 0.29) is 5.41 Å². The molecule has 1 saturated carbocycles. The molecule has 2 heteroatoms. The molecule has 0 heterocycles. The van der Waals surface area contributed by atoms with Gasteiger partial charge in [-0.05, 0) is 29.5 Å². The van der Waals surface area contributed by atoms with Crippen LogP contribution in [0.5, 0.6) is 0 Å². The van der Waals surface area contributed by atoms with E-state index >= 15 is 0 Å². The minimum atomic E-state index is -0.439. The van der Waals surface area contributed by atoms with Crippen LogP contribution in [0.2, 0.25) is 0 Å². The van der Waals surface area contributed by atoms with Crippen molar-refractivity contribution in [2.45, 2.75) is 25.4 Å². The van der Waals surface area contributed by atoms with Gasteiger partial charge >= 0.3 is 0 Å². The van der Waals surface area contributed by atoms with Gasteiger partial charge in [0.2, 0.25) is 0 Å². The summed E-state index contributed by atoms with van der Waals surface area (Å²) in [6.07, 6.45) is 2.80. The van der Waals surface area contributed by atoms with Crippen LogP contribution in [-0.2, 0) is 0 Å². The van der Waals surface area contributed by atoms with Crippen LogP contribution in [0.1, 0.15) is 30.9 Å². The van der Waals surface area contributed by atoms with Crippen LogP contribution < -0.4 is 5.73 Å². The molecule has 0 spiro atoms. The summed E-state index contributed by atoms with van der Waals surface area (Å²) < 4.78 is 0. The Bertz CT molecular complexity index is 552. The summed E-state index contributed by atoms with van der Waals surface area (Å²) in [6.45, 7) is 0.564. The normalized spacial score (nSPS) is 18.3. The molecule has 3 N–H and O–H groups in total. The van der Waals surface area contributed by atoms with Gasteiger partial charge in [0, 0.05) is 12.0 Å². The Labute approximate surface area is 120 Å². The number of hydrogen-bond donors (Lipinski definition) is 2. The molecule has 3 rings (SSSR count). The summed E-state index contributed by atoms with van der Waals surface area (Å²) in [4.78, 5) is 0. The van der Waals surface area contributed by atoms with E-state index in [0.29, 0.717) is 6.54 Å². The van der Waals surface area contributed by atoms with Gasteiger partial charge in [0.15, 0.2) is 0 Å². The van der Waals surface area contributed by atoms with Gasteiger partial charge in [-0.2, -0.15) is 0 Å². The number of hydrogen-bond acceptors (Lipinski definition) is 2. The highest BCUT2D eigenvalue weighted by atomic mass is 16.3. The van der Waals surface area contributed by atoms with Crippen molar-refractivity contribution in [1.29, 1.82) is 0 Å². The number of aliphatic hydroxyl groups is 1. The van der Waals surface area contributed by atoms with E-state index in [1.165, 1.54) is 17.5 Å². The van der Waals surface area contributed by atoms with Gasteiger partial charge in [-0.25, -0.2) is 0 Å². The van der Waals surface area contributed by atoms with Gasteiger partial charge in [-0.15, -0.1) is 0 Å². The molecule has 2 nitrogen and oxygen atoms in total. The fraction of sp³-hybridized carbons (Fsp3) is 0.333. The molecule has 104 valence electrons. The molecule has 1 unspecified atom stereocenters. The van der Waals surface area contributed by atoms with E-state index in [9.17, 15) is 5.11 Å². The standard InChI is InChI=1S/C18H21NO/c19-13-18(11-4-12-18)17(20)16-9-7-15(8-10-16)14-5-2-1-3-6-14/h1-3,5-10,17,20H,4,11-13,19H2. The summed E-state index contributed by atoms with van der Waals surface area (Å²) in [5.41, 5.74) is 9.14. The van der Waals surface area contributed by atoms with Crippen LogP contribution in [0.3, 0.4) is 0 Å². The first-order valence-electron chi connectivity index (χ1n) is 7.29. The van der Waals surface area contributed by atoms with Crippen molar-refractivity contribution in [3.63, 3.8) is 0 Å². The maximum atomic E-state index is 10.6. The van der Waals surface area contributed by atoms with Crippen LogP contribution in [0, 0.1) is 5.41 Å². The molecule has 0 bridgehead atoms. The highest BCUT2D eigenvalue weighted by Crippen LogP contribution is 2.49. The zero-order valence-electron chi connectivity index (χ0n) is 11.6. The molecular formula is C18H21NO. The fourth-order valence-electron chi connectivity index (χ4n) is 3.06. The third-order valence-electron chi connectivity index (χ3n) is 4.67. The van der Waals surface area contributed by atoms with Crippen molar-refractivity contribution in [3.8, 4) is 11.1 Å². The highest BCUT2D eigenvalue weighted by molar-refractivity contribution is 5.63. The van der Waals surface area contributed by atoms with Gasteiger partial charge in [-0.3, -0.25) is 0 Å². The van der Waals surface area contributed by atoms with E-state index in [1.807, 2.05) is 30.3 Å². The smallest absolute Gasteiger partial charge is 0.0858 e. The Morgan fingerprint density at radius 3 is 2.05 bits per heavy atom. The first kappa shape index (κ1) is 13.3. The second-order valence-corrected chi connectivity index (χ2v) is 5.81. The van der Waals surface area contributed by atoms with Gasteiger partial charge in [0.1, 0.15) is 0 Å². The third-order valence-corrected chi connectivity index (χ3v) is 4.67. The number of nitrogens with two attached hydrogens (primary N) is 1. The Hall–Kier alpha value is -1.64. The summed E-state index contributed by atoms with van der Waals surface area (Å²) in [6, 6.07) is 18.5. The molecule has 0 aliphatic heterocycles. The summed E-state index contributed by atoms with van der Waals surface area (Å²) in [7, 11) is 0. The first-order chi connectivity index (χ1) is 9.75. The van der Waals surface area contributed by atoms with E-state index in [4.69, 9.17) is 5.73 Å². The number of rotatable bonds is 4. The minimum Gasteiger partial charge on any atom is -0.388 e. The molecule has 0 amide bonds. The molecule has 2 aromatic rings. The van der Waals surface area contributed by atoms with Crippen LogP contribution in [-0.4, -0.2) is 11.7 Å². The third kappa shape index (κ3) is 2.26. The molecule has 20 heavy (non-hydrogen) atoms. The maximum absolute atomic E-state index is 10.6. The Morgan fingerprint density at radius 2 is 1.55 bits per heavy atom. The molecule has 1 aliphatic carbocycles. The second kappa shape index (κ2) is 5.39. The predicted octanol–water partition coefficient (Wildman–Crippen LogP) is 3.52. The lowest BCUT2D eigenvalue weighted by molar-refractivity contribution is -0.0296. The summed E-state index contributed by atoms with van der Waals surface area (Å²) >= 11 is 0. The molecule has 0 saturated heterocycles. The van der Waals surface area contributed by atoms with Crippen molar-refractivity contribution < 1.29 is 5.11 Å². The molecule has 1 fully saturated rings. The van der Waals surface area contributed by atoms with Crippen LogP contribution in [0.25, 0.3) is 11.1 Å². The average Bonchev–Trinajstić information content (AvgIpc) is 2.48. The lowest BCUT2D eigenvalue weighted by Gasteiger charge is -2.44. The van der Waals surface area contributed by atoms with Crippen molar-refractivity contribution in [2.75, 3.05) is 6.54 Å². The predicted molar refractivity (Wildman–Crippen MR) is 82.2 cm³/mol. The zero-order valence-corrected chi connectivity index (χ0v) is 11.6. The average molecular weight is 267 g/mol. The zero-order chi connectivity index (χ0) is 14.0. The molecule has 1 aliphatic rings. The quantitative estimate of drug-likeness (QED) is 0.890. The second-order valence-electron chi connectivity index (χ2n) is 5.81. The van der Waals surface area contributed by atoms with Crippen molar-refractivity contribution >= 4 is 0 Å². The molecule has 1 atom stereocenters. The number of aliphatic hydroxyl groups excluding tert-OH is 1. The van der Waals surface area contributed by atoms with Crippen molar-refractivity contribution in [1.82, 2.24) is 0 Å². The van der Waals surface area contributed by atoms with E-state index < -0.39 is 6.10 Å². The number of benzene rings is 2. The van der Waals surface area contributed by atoms with E-state index in [1.54, 1.807) is 0 Å². The maximum Gasteiger partial charge on any atom is 0.0858 e. The van der Waals surface area contributed by atoms with Crippen LogP contribution in [0.4, 0.5) is 0 Å². The fourth-order valence-corrected chi connectivity index (χ4v) is 3.06. The molecule has 2 aromatic carbocycles. The molecule has 0 aromatic heterocycles. The Morgan fingerprint density at radius 1 is 0.950 bits per heavy atom. The van der Waals surface area contributed by atoms with Crippen LogP contribution >= 0.6 is 0 Å². The van der Waals surface area contributed by atoms with Gasteiger partial charge in [-0.1, -0.05) is 61.0 Å². The summed E-state index contributed by atoms with van der Waals surface area (Å²) in [5, 5.41) is 10.6. The molecule has 0 radical (unpaired) electrons.